The summed E-state index contributed by atoms with van der Waals surface area (Å²) in [5.41, 5.74) is 3.38. The number of carbonyl (C=O) groups excluding carboxylic acids is 1. The number of hydrogen-bond donors (Lipinski definition) is 1. The lowest BCUT2D eigenvalue weighted by Crippen LogP contribution is -2.13. The van der Waals surface area contributed by atoms with Crippen molar-refractivity contribution in [2.24, 2.45) is 0 Å². The van der Waals surface area contributed by atoms with Gasteiger partial charge in [0.1, 0.15) is 24.0 Å². The molecule has 0 aliphatic carbocycles. The molecule has 0 bridgehead atoms. The predicted molar refractivity (Wildman–Crippen MR) is 120 cm³/mol. The van der Waals surface area contributed by atoms with Crippen molar-refractivity contribution in [1.82, 2.24) is 0 Å². The Morgan fingerprint density at radius 3 is 2.53 bits per heavy atom. The van der Waals surface area contributed by atoms with Gasteiger partial charge < -0.3 is 10.1 Å². The summed E-state index contributed by atoms with van der Waals surface area (Å²) in [5.74, 6) is 0.108. The average Bonchev–Trinajstić information content (AvgIpc) is 2.77. The van der Waals surface area contributed by atoms with Crippen LogP contribution in [-0.4, -0.2) is 5.91 Å². The number of ether oxygens (including phenoxy) is 1. The Kier molecular flexibility index (Phi) is 7.26. The molecule has 3 aromatic carbocycles. The van der Waals surface area contributed by atoms with Crippen molar-refractivity contribution < 1.29 is 9.53 Å². The first-order valence-corrected chi connectivity index (χ1v) is 9.95. The summed E-state index contributed by atoms with van der Waals surface area (Å²) >= 11 is 6.02. The fourth-order valence-corrected chi connectivity index (χ4v) is 3.06. The minimum absolute atomic E-state index is 0.00614. The molecule has 1 amide bonds. The fraction of sp³-hybridized carbons (Fsp3) is 0.120. The third-order valence-electron chi connectivity index (χ3n) is 4.49. The van der Waals surface area contributed by atoms with Crippen molar-refractivity contribution in [2.75, 3.05) is 5.32 Å². The van der Waals surface area contributed by atoms with Crippen molar-refractivity contribution in [1.29, 1.82) is 5.26 Å². The molecule has 4 nitrogen and oxygen atoms in total. The van der Waals surface area contributed by atoms with Crippen LogP contribution in [0.2, 0.25) is 5.02 Å². The number of nitrogens with one attached hydrogen (secondary N) is 1. The van der Waals surface area contributed by atoms with E-state index in [4.69, 9.17) is 16.3 Å². The Morgan fingerprint density at radius 2 is 1.83 bits per heavy atom. The number of halogens is 1. The second-order valence-corrected chi connectivity index (χ2v) is 7.07. The van der Waals surface area contributed by atoms with E-state index in [1.165, 1.54) is 11.6 Å². The zero-order chi connectivity index (χ0) is 21.3. The van der Waals surface area contributed by atoms with Crippen molar-refractivity contribution in [2.45, 2.75) is 20.0 Å². The number of aryl methyl sites for hydroxylation is 1. The van der Waals surface area contributed by atoms with Crippen LogP contribution in [0.3, 0.4) is 0 Å². The van der Waals surface area contributed by atoms with Gasteiger partial charge in [-0.15, -0.1) is 0 Å². The van der Waals surface area contributed by atoms with E-state index in [9.17, 15) is 10.1 Å². The maximum absolute atomic E-state index is 12.6. The van der Waals surface area contributed by atoms with Gasteiger partial charge in [0.15, 0.2) is 0 Å². The highest BCUT2D eigenvalue weighted by atomic mass is 35.5. The Labute approximate surface area is 181 Å². The molecule has 0 saturated carbocycles. The summed E-state index contributed by atoms with van der Waals surface area (Å²) < 4.78 is 5.90. The molecule has 0 saturated heterocycles. The summed E-state index contributed by atoms with van der Waals surface area (Å²) in [6.07, 6.45) is 2.45. The molecule has 0 aliphatic heterocycles. The highest BCUT2D eigenvalue weighted by Crippen LogP contribution is 2.23. The average molecular weight is 417 g/mol. The summed E-state index contributed by atoms with van der Waals surface area (Å²) in [4.78, 5) is 12.6. The summed E-state index contributed by atoms with van der Waals surface area (Å²) in [6, 6.07) is 24.2. The molecule has 3 aromatic rings. The number of nitriles is 1. The molecule has 150 valence electrons. The molecule has 1 N–H and O–H groups in total. The third kappa shape index (κ3) is 5.73. The van der Waals surface area contributed by atoms with Crippen molar-refractivity contribution in [3.8, 4) is 11.8 Å². The maximum atomic E-state index is 12.6. The zero-order valence-electron chi connectivity index (χ0n) is 16.6. The maximum Gasteiger partial charge on any atom is 0.266 e. The number of rotatable bonds is 7. The molecule has 0 aromatic heterocycles. The van der Waals surface area contributed by atoms with E-state index < -0.39 is 5.91 Å². The van der Waals surface area contributed by atoms with Crippen LogP contribution in [-0.2, 0) is 17.8 Å². The predicted octanol–water partition coefficient (Wildman–Crippen LogP) is 6.03. The second kappa shape index (κ2) is 10.3. The van der Waals surface area contributed by atoms with Crippen LogP contribution in [0, 0.1) is 11.3 Å². The van der Waals surface area contributed by atoms with Crippen LogP contribution >= 0.6 is 11.6 Å². The first-order valence-electron chi connectivity index (χ1n) is 9.57. The summed E-state index contributed by atoms with van der Waals surface area (Å²) in [5, 5.41) is 12.9. The van der Waals surface area contributed by atoms with Crippen LogP contribution in [0.25, 0.3) is 6.08 Å². The van der Waals surface area contributed by atoms with Crippen LogP contribution in [0.15, 0.2) is 78.4 Å². The van der Waals surface area contributed by atoms with E-state index in [-0.39, 0.29) is 5.57 Å². The lowest BCUT2D eigenvalue weighted by molar-refractivity contribution is -0.112. The molecule has 0 spiro atoms. The molecule has 3 rings (SSSR count). The standard InChI is InChI=1S/C25H21ClN2O2/c1-2-18-10-12-23(13-11-18)28-25(29)21(16-27)15-20-7-3-4-9-24(20)30-17-19-6-5-8-22(26)14-19/h3-15H,2,17H2,1H3,(H,28,29)/b21-15+. The van der Waals surface area contributed by atoms with Gasteiger partial charge in [0.2, 0.25) is 0 Å². The Bertz CT molecular complexity index is 1100. The van der Waals surface area contributed by atoms with Gasteiger partial charge in [-0.3, -0.25) is 4.79 Å². The largest absolute Gasteiger partial charge is 0.488 e. The lowest BCUT2D eigenvalue weighted by Gasteiger charge is -2.10. The molecular weight excluding hydrogens is 396 g/mol. The molecule has 0 heterocycles. The van der Waals surface area contributed by atoms with Gasteiger partial charge >= 0.3 is 0 Å². The molecule has 0 radical (unpaired) electrons. The third-order valence-corrected chi connectivity index (χ3v) is 4.72. The molecule has 5 heteroatoms. The Morgan fingerprint density at radius 1 is 1.07 bits per heavy atom. The highest BCUT2D eigenvalue weighted by Gasteiger charge is 2.11. The SMILES string of the molecule is CCc1ccc(NC(=O)/C(C#N)=C/c2ccccc2OCc2cccc(Cl)c2)cc1. The van der Waals surface area contributed by atoms with Crippen molar-refractivity contribution >= 4 is 29.3 Å². The molecular formula is C25H21ClN2O2. The van der Waals surface area contributed by atoms with Crippen LogP contribution < -0.4 is 10.1 Å². The number of para-hydroxylation sites is 1. The van der Waals surface area contributed by atoms with E-state index in [0.29, 0.717) is 28.6 Å². The van der Waals surface area contributed by atoms with E-state index >= 15 is 0 Å². The van der Waals surface area contributed by atoms with E-state index in [2.05, 4.69) is 12.2 Å². The molecule has 0 aliphatic rings. The minimum atomic E-state index is -0.466. The second-order valence-electron chi connectivity index (χ2n) is 6.63. The monoisotopic (exact) mass is 416 g/mol. The number of benzene rings is 3. The molecule has 0 fully saturated rings. The molecule has 0 atom stereocenters. The number of anilines is 1. The number of hydrogen-bond acceptors (Lipinski definition) is 3. The van der Waals surface area contributed by atoms with Crippen LogP contribution in [0.1, 0.15) is 23.6 Å². The van der Waals surface area contributed by atoms with Gasteiger partial charge in [-0.1, -0.05) is 61.0 Å². The van der Waals surface area contributed by atoms with Gasteiger partial charge in [0.05, 0.1) is 0 Å². The van der Waals surface area contributed by atoms with Gasteiger partial charge in [-0.05, 0) is 54.0 Å². The quantitative estimate of drug-likeness (QED) is 0.378. The molecule has 30 heavy (non-hydrogen) atoms. The van der Waals surface area contributed by atoms with Crippen LogP contribution in [0.4, 0.5) is 5.69 Å². The topological polar surface area (TPSA) is 62.1 Å². The normalized spacial score (nSPS) is 10.9. The summed E-state index contributed by atoms with van der Waals surface area (Å²) in [6.45, 7) is 2.39. The van der Waals surface area contributed by atoms with Gasteiger partial charge in [-0.25, -0.2) is 0 Å². The van der Waals surface area contributed by atoms with E-state index in [0.717, 1.165) is 12.0 Å². The van der Waals surface area contributed by atoms with Gasteiger partial charge in [0, 0.05) is 16.3 Å². The van der Waals surface area contributed by atoms with Gasteiger partial charge in [0.25, 0.3) is 5.91 Å². The Balaban J connectivity index is 1.76. The highest BCUT2D eigenvalue weighted by molar-refractivity contribution is 6.30. The lowest BCUT2D eigenvalue weighted by atomic mass is 10.1. The first kappa shape index (κ1) is 21.2. The Hall–Kier alpha value is -3.55. The van der Waals surface area contributed by atoms with Crippen molar-refractivity contribution in [3.05, 3.63) is 100 Å². The van der Waals surface area contributed by atoms with Crippen LogP contribution in [0.5, 0.6) is 5.75 Å². The molecule has 0 unspecified atom stereocenters. The van der Waals surface area contributed by atoms with Gasteiger partial charge in [-0.2, -0.15) is 5.26 Å². The van der Waals surface area contributed by atoms with E-state index in [1.54, 1.807) is 18.2 Å². The minimum Gasteiger partial charge on any atom is -0.488 e. The fourth-order valence-electron chi connectivity index (χ4n) is 2.85. The van der Waals surface area contributed by atoms with Crippen molar-refractivity contribution in [3.63, 3.8) is 0 Å². The number of carbonyl (C=O) groups is 1. The number of nitrogens with zero attached hydrogens (tertiary/aromatic N) is 1. The zero-order valence-corrected chi connectivity index (χ0v) is 17.3. The van der Waals surface area contributed by atoms with E-state index in [1.807, 2.05) is 60.7 Å². The summed E-state index contributed by atoms with van der Waals surface area (Å²) in [7, 11) is 0. The smallest absolute Gasteiger partial charge is 0.266 e. The first-order chi connectivity index (χ1) is 14.6. The number of amides is 1.